The fraction of sp³-hybridized carbons (Fsp3) is 0.435. The number of rotatable bonds is 5. The van der Waals surface area contributed by atoms with E-state index in [0.717, 1.165) is 11.8 Å². The van der Waals surface area contributed by atoms with Crippen LogP contribution in [-0.4, -0.2) is 44.6 Å². The molecule has 1 heterocycles. The highest BCUT2D eigenvalue weighted by Crippen LogP contribution is 2.51. The van der Waals surface area contributed by atoms with Crippen LogP contribution in [0.4, 0.5) is 8.78 Å². The second-order valence-electron chi connectivity index (χ2n) is 8.80. The molecule has 4 atom stereocenters. The molecule has 1 saturated heterocycles. The summed E-state index contributed by atoms with van der Waals surface area (Å²) in [4.78, 5) is 14.9. The Bertz CT molecular complexity index is 1090. The Morgan fingerprint density at radius 3 is 2.39 bits per heavy atom. The Kier molecular flexibility index (Phi) is 5.87. The highest BCUT2D eigenvalue weighted by molar-refractivity contribution is 7.88. The molecular weight excluding hydrogens is 422 g/mol. The lowest BCUT2D eigenvalue weighted by molar-refractivity contribution is -0.134. The average Bonchev–Trinajstić information content (AvgIpc) is 3.46. The van der Waals surface area contributed by atoms with Gasteiger partial charge in [0.25, 0.3) is 0 Å². The monoisotopic (exact) mass is 448 g/mol. The predicted octanol–water partition coefficient (Wildman–Crippen LogP) is 3.52. The molecule has 0 unspecified atom stereocenters. The summed E-state index contributed by atoms with van der Waals surface area (Å²) in [7, 11) is -3.36. The third-order valence-electron chi connectivity index (χ3n) is 6.05. The standard InChI is InChI=1S/C23H26F2N2O3S/c1-14-10-15(26-31(2,29)30)13-27(12-14)23(28)19-11-18(19)16-6-3-4-7-17(16)22-20(24)8-5-9-21(22)25/h3-9,14-15,18-19,26H,10-13H2,1-2H3/t14-,15+,18+,19-/m1/s1. The van der Waals surface area contributed by atoms with Gasteiger partial charge in [-0.3, -0.25) is 4.79 Å². The minimum Gasteiger partial charge on any atom is -0.341 e. The zero-order valence-corrected chi connectivity index (χ0v) is 18.3. The average molecular weight is 449 g/mol. The fourth-order valence-corrected chi connectivity index (χ4v) is 5.55. The number of hydrogen-bond donors (Lipinski definition) is 1. The van der Waals surface area contributed by atoms with E-state index in [0.29, 0.717) is 31.5 Å². The first-order chi connectivity index (χ1) is 14.6. The van der Waals surface area contributed by atoms with Gasteiger partial charge in [0.15, 0.2) is 0 Å². The number of halogens is 2. The van der Waals surface area contributed by atoms with Crippen molar-refractivity contribution in [1.29, 1.82) is 0 Å². The number of sulfonamides is 1. The molecule has 2 aromatic rings. The molecule has 1 aliphatic carbocycles. The zero-order chi connectivity index (χ0) is 22.3. The van der Waals surface area contributed by atoms with Crippen molar-refractivity contribution in [3.8, 4) is 11.1 Å². The molecule has 31 heavy (non-hydrogen) atoms. The van der Waals surface area contributed by atoms with Crippen LogP contribution in [0.5, 0.6) is 0 Å². The maximum Gasteiger partial charge on any atom is 0.226 e. The molecule has 2 aliphatic rings. The molecule has 0 bridgehead atoms. The highest BCUT2D eigenvalue weighted by Gasteiger charge is 2.47. The Morgan fingerprint density at radius 2 is 1.71 bits per heavy atom. The number of hydrogen-bond acceptors (Lipinski definition) is 3. The van der Waals surface area contributed by atoms with E-state index in [1.165, 1.54) is 18.2 Å². The molecule has 2 aromatic carbocycles. The predicted molar refractivity (Wildman–Crippen MR) is 115 cm³/mol. The Morgan fingerprint density at radius 1 is 1.03 bits per heavy atom. The smallest absolute Gasteiger partial charge is 0.226 e. The molecule has 4 rings (SSSR count). The molecule has 5 nitrogen and oxygen atoms in total. The molecule has 8 heteroatoms. The lowest BCUT2D eigenvalue weighted by Gasteiger charge is -2.36. The van der Waals surface area contributed by atoms with Gasteiger partial charge in [0.1, 0.15) is 11.6 Å². The number of nitrogens with one attached hydrogen (secondary N) is 1. The molecule has 2 fully saturated rings. The number of carbonyl (C=O) groups excluding carboxylic acids is 1. The number of amides is 1. The first-order valence-electron chi connectivity index (χ1n) is 10.4. The van der Waals surface area contributed by atoms with Gasteiger partial charge in [0, 0.05) is 25.0 Å². The molecule has 166 valence electrons. The van der Waals surface area contributed by atoms with Crippen LogP contribution in [0.2, 0.25) is 0 Å². The van der Waals surface area contributed by atoms with Crippen molar-refractivity contribution in [2.45, 2.75) is 31.7 Å². The van der Waals surface area contributed by atoms with Crippen LogP contribution in [0, 0.1) is 23.5 Å². The van der Waals surface area contributed by atoms with Crippen molar-refractivity contribution in [2.24, 2.45) is 11.8 Å². The number of carbonyl (C=O) groups is 1. The molecule has 0 spiro atoms. The van der Waals surface area contributed by atoms with Gasteiger partial charge in [-0.15, -0.1) is 0 Å². The summed E-state index contributed by atoms with van der Waals surface area (Å²) in [6.45, 7) is 2.91. The summed E-state index contributed by atoms with van der Waals surface area (Å²) in [5.41, 5.74) is 1.17. The second-order valence-corrected chi connectivity index (χ2v) is 10.6. The third kappa shape index (κ3) is 4.80. The quantitative estimate of drug-likeness (QED) is 0.761. The van der Waals surface area contributed by atoms with Crippen LogP contribution < -0.4 is 4.72 Å². The molecule has 1 saturated carbocycles. The lowest BCUT2D eigenvalue weighted by Crippen LogP contribution is -2.52. The van der Waals surface area contributed by atoms with Crippen molar-refractivity contribution in [1.82, 2.24) is 9.62 Å². The number of benzene rings is 2. The number of likely N-dealkylation sites (tertiary alicyclic amines) is 1. The van der Waals surface area contributed by atoms with Gasteiger partial charge in [-0.25, -0.2) is 21.9 Å². The van der Waals surface area contributed by atoms with E-state index in [1.807, 2.05) is 19.1 Å². The second kappa shape index (κ2) is 8.31. The van der Waals surface area contributed by atoms with E-state index in [2.05, 4.69) is 4.72 Å². The molecule has 1 amide bonds. The molecular formula is C23H26F2N2O3S. The topological polar surface area (TPSA) is 66.5 Å². The summed E-state index contributed by atoms with van der Waals surface area (Å²) in [5.74, 6) is -1.48. The Labute approximate surface area is 181 Å². The maximum absolute atomic E-state index is 14.4. The minimum absolute atomic E-state index is 0.0272. The Balaban J connectivity index is 1.54. The van der Waals surface area contributed by atoms with Crippen molar-refractivity contribution in [3.05, 3.63) is 59.7 Å². The summed E-state index contributed by atoms with van der Waals surface area (Å²) in [6.07, 6.45) is 2.41. The van der Waals surface area contributed by atoms with E-state index in [9.17, 15) is 22.0 Å². The van der Waals surface area contributed by atoms with Gasteiger partial charge in [-0.1, -0.05) is 37.3 Å². The number of piperidine rings is 1. The van der Waals surface area contributed by atoms with E-state index in [4.69, 9.17) is 0 Å². The third-order valence-corrected chi connectivity index (χ3v) is 6.81. The van der Waals surface area contributed by atoms with E-state index in [-0.39, 0.29) is 35.3 Å². The van der Waals surface area contributed by atoms with E-state index < -0.39 is 21.7 Å². The van der Waals surface area contributed by atoms with Crippen molar-refractivity contribution < 1.29 is 22.0 Å². The van der Waals surface area contributed by atoms with Crippen LogP contribution in [0.1, 0.15) is 31.2 Å². The molecule has 1 N–H and O–H groups in total. The minimum atomic E-state index is -3.36. The van der Waals surface area contributed by atoms with Gasteiger partial charge in [0.2, 0.25) is 15.9 Å². The molecule has 1 aliphatic heterocycles. The van der Waals surface area contributed by atoms with Gasteiger partial charge in [-0.2, -0.15) is 0 Å². The van der Waals surface area contributed by atoms with Crippen LogP contribution >= 0.6 is 0 Å². The van der Waals surface area contributed by atoms with E-state index >= 15 is 0 Å². The SMILES string of the molecule is C[C@@H]1C[C@H](NS(C)(=O)=O)CN(C(=O)[C@@H]2C[C@H]2c2ccccc2-c2c(F)cccc2F)C1. The first kappa shape index (κ1) is 21.9. The molecule has 0 aromatic heterocycles. The van der Waals surface area contributed by atoms with Gasteiger partial charge < -0.3 is 4.90 Å². The van der Waals surface area contributed by atoms with Crippen molar-refractivity contribution in [3.63, 3.8) is 0 Å². The van der Waals surface area contributed by atoms with Gasteiger partial charge in [0.05, 0.1) is 11.8 Å². The van der Waals surface area contributed by atoms with E-state index in [1.54, 1.807) is 17.0 Å². The van der Waals surface area contributed by atoms with Crippen LogP contribution in [0.15, 0.2) is 42.5 Å². The highest BCUT2D eigenvalue weighted by atomic mass is 32.2. The normalized spacial score (nSPS) is 26.0. The van der Waals surface area contributed by atoms with Crippen molar-refractivity contribution >= 4 is 15.9 Å². The summed E-state index contributed by atoms with van der Waals surface area (Å²) in [6, 6.07) is 10.5. The van der Waals surface area contributed by atoms with Gasteiger partial charge in [-0.05, 0) is 47.9 Å². The van der Waals surface area contributed by atoms with Gasteiger partial charge >= 0.3 is 0 Å². The fourth-order valence-electron chi connectivity index (χ4n) is 4.77. The largest absolute Gasteiger partial charge is 0.341 e. The maximum atomic E-state index is 14.4. The zero-order valence-electron chi connectivity index (χ0n) is 17.5. The van der Waals surface area contributed by atoms with Crippen LogP contribution in [0.25, 0.3) is 11.1 Å². The summed E-state index contributed by atoms with van der Waals surface area (Å²) in [5, 5.41) is 0. The molecule has 0 radical (unpaired) electrons. The van der Waals surface area contributed by atoms with Crippen molar-refractivity contribution in [2.75, 3.05) is 19.3 Å². The number of nitrogens with zero attached hydrogens (tertiary/aromatic N) is 1. The Hall–Kier alpha value is -2.32. The summed E-state index contributed by atoms with van der Waals surface area (Å²) >= 11 is 0. The first-order valence-corrected chi connectivity index (χ1v) is 12.3. The summed E-state index contributed by atoms with van der Waals surface area (Å²) < 4.78 is 54.6. The van der Waals surface area contributed by atoms with Crippen LogP contribution in [0.3, 0.4) is 0 Å². The van der Waals surface area contributed by atoms with Crippen LogP contribution in [-0.2, 0) is 14.8 Å². The lowest BCUT2D eigenvalue weighted by atomic mass is 9.94.